The third-order valence-electron chi connectivity index (χ3n) is 12.3. The molecule has 0 atom stereocenters. The fourth-order valence-electron chi connectivity index (χ4n) is 9.28. The predicted octanol–water partition coefficient (Wildman–Crippen LogP) is 13.5. The lowest BCUT2D eigenvalue weighted by Gasteiger charge is -2.22. The number of nitrogens with zero attached hydrogens (tertiary/aromatic N) is 12. The Kier molecular flexibility index (Phi) is 9.71. The number of hydrogen-bond donors (Lipinski definition) is 0. The Labute approximate surface area is 395 Å². The molecule has 0 radical (unpaired) electrons. The summed E-state index contributed by atoms with van der Waals surface area (Å²) in [5, 5.41) is 3.16. The maximum Gasteiger partial charge on any atom is 0.415 e. The van der Waals surface area contributed by atoms with E-state index in [1.807, 2.05) is 81.9 Å². The van der Waals surface area contributed by atoms with E-state index in [0.29, 0.717) is 45.7 Å². The zero-order valence-electron chi connectivity index (χ0n) is 36.2. The van der Waals surface area contributed by atoms with Crippen molar-refractivity contribution in [3.8, 4) is 68.1 Å². The number of hydrogen-bond acceptors (Lipinski definition) is 8. The van der Waals surface area contributed by atoms with Crippen LogP contribution in [-0.2, 0) is 6.18 Å². The van der Waals surface area contributed by atoms with E-state index >= 15 is 13.2 Å². The van der Waals surface area contributed by atoms with Gasteiger partial charge in [0.1, 0.15) is 0 Å². The molecular formula is C55H29F3N12. The van der Waals surface area contributed by atoms with Crippen molar-refractivity contribution < 1.29 is 13.2 Å². The van der Waals surface area contributed by atoms with Gasteiger partial charge in [-0.3, -0.25) is 0 Å². The van der Waals surface area contributed by atoms with Crippen LogP contribution in [0.3, 0.4) is 0 Å². The Hall–Kier alpha value is -9.99. The van der Waals surface area contributed by atoms with Gasteiger partial charge in [0.2, 0.25) is 0 Å². The summed E-state index contributed by atoms with van der Waals surface area (Å²) in [7, 11) is 0. The zero-order valence-corrected chi connectivity index (χ0v) is 36.2. The van der Waals surface area contributed by atoms with E-state index < -0.39 is 11.7 Å². The van der Waals surface area contributed by atoms with Crippen molar-refractivity contribution in [2.45, 2.75) is 6.18 Å². The second kappa shape index (κ2) is 16.4. The number of rotatable bonds is 7. The first-order chi connectivity index (χ1) is 34.3. The monoisotopic (exact) mass is 914 g/mol. The van der Waals surface area contributed by atoms with Crippen molar-refractivity contribution in [1.29, 1.82) is 0 Å². The third kappa shape index (κ3) is 6.84. The molecule has 330 valence electrons. The van der Waals surface area contributed by atoms with E-state index in [-0.39, 0.29) is 22.5 Å². The molecule has 0 unspecified atom stereocenters. The van der Waals surface area contributed by atoms with E-state index in [1.165, 1.54) is 12.1 Å². The molecule has 0 amide bonds. The fraction of sp³-hybridized carbons (Fsp3) is 0.0182. The largest absolute Gasteiger partial charge is 0.415 e. The summed E-state index contributed by atoms with van der Waals surface area (Å²) < 4.78 is 49.5. The first kappa shape index (κ1) is 41.4. The molecule has 12 rings (SSSR count). The highest BCUT2D eigenvalue weighted by Crippen LogP contribution is 2.49. The van der Waals surface area contributed by atoms with Crippen LogP contribution >= 0.6 is 0 Å². The highest BCUT2D eigenvalue weighted by Gasteiger charge is 2.36. The Bertz CT molecular complexity index is 3930. The molecule has 0 aliphatic carbocycles. The van der Waals surface area contributed by atoms with Gasteiger partial charge in [-0.2, -0.15) is 13.2 Å². The maximum atomic E-state index is 15.2. The Morgan fingerprint density at radius 2 is 0.729 bits per heavy atom. The normalized spacial score (nSPS) is 11.6. The molecule has 12 nitrogen and oxygen atoms in total. The van der Waals surface area contributed by atoms with Crippen molar-refractivity contribution in [2.75, 3.05) is 0 Å². The Morgan fingerprint density at radius 1 is 0.386 bits per heavy atom. The number of fused-ring (bicyclic) bond motifs is 6. The highest BCUT2D eigenvalue weighted by atomic mass is 19.4. The molecule has 12 aromatic rings. The molecule has 0 fully saturated rings. The minimum atomic E-state index is -4.86. The van der Waals surface area contributed by atoms with Crippen molar-refractivity contribution in [2.24, 2.45) is 0 Å². The lowest BCUT2D eigenvalue weighted by molar-refractivity contribution is -0.137. The molecule has 0 aliphatic heterocycles. The second-order valence-electron chi connectivity index (χ2n) is 16.2. The average Bonchev–Trinajstić information content (AvgIpc) is 3.92. The fourth-order valence-corrected chi connectivity index (χ4v) is 9.28. The maximum absolute atomic E-state index is 15.2. The minimum Gasteiger partial charge on any atom is -0.308 e. The number of aromatic nitrogens is 10. The first-order valence-corrected chi connectivity index (χ1v) is 21.7. The second-order valence-corrected chi connectivity index (χ2v) is 16.2. The van der Waals surface area contributed by atoms with E-state index in [0.717, 1.165) is 60.9 Å². The first-order valence-electron chi connectivity index (χ1n) is 21.7. The van der Waals surface area contributed by atoms with Crippen molar-refractivity contribution in [1.82, 2.24) is 49.0 Å². The molecular weight excluding hydrogens is 886 g/mol. The Balaban J connectivity index is 1.24. The SMILES string of the molecule is [C-]#[N+]c1cc(-n2c3ccc(-c4ncccn4)cc3c3cc(-c4ncccn4)ccc32)c(-n2c3ccc(-c4ncccn4)cc3c3cc(-c4ncccn4)ccc32)cc1-c1c([N+]#[C-])cccc1C(F)(F)F. The van der Waals surface area contributed by atoms with Gasteiger partial charge in [-0.15, -0.1) is 0 Å². The molecule has 70 heavy (non-hydrogen) atoms. The molecule has 15 heteroatoms. The van der Waals surface area contributed by atoms with Crippen molar-refractivity contribution in [3.05, 3.63) is 205 Å². The summed E-state index contributed by atoms with van der Waals surface area (Å²) in [6, 6.07) is 37.1. The summed E-state index contributed by atoms with van der Waals surface area (Å²) in [4.78, 5) is 43.7. The van der Waals surface area contributed by atoms with Gasteiger partial charge in [-0.25, -0.2) is 49.6 Å². The standard InChI is InChI=1S/C55H29F3N12/c1-59-42-9-3-8-41(55(56,57)58)50(42)40-30-48(69-44-14-10-32(51-61-18-4-19-62-51)26-36(44)37-27-33(11-15-45(37)69)52-63-20-5-21-64-52)49(31-43(40)60-2)70-46-16-12-34(53-65-22-6-23-66-53)28-38(46)39-29-35(13-17-47(39)70)54-67-24-7-25-68-54/h3-31H. The van der Waals surface area contributed by atoms with Crippen LogP contribution in [0.15, 0.2) is 177 Å². The summed E-state index contributed by atoms with van der Waals surface area (Å²) >= 11 is 0. The van der Waals surface area contributed by atoms with Crippen LogP contribution in [0.4, 0.5) is 24.5 Å². The van der Waals surface area contributed by atoms with Crippen LogP contribution in [0, 0.1) is 13.1 Å². The summed E-state index contributed by atoms with van der Waals surface area (Å²) in [5.74, 6) is 2.02. The van der Waals surface area contributed by atoms with Crippen LogP contribution < -0.4 is 0 Å². The lowest BCUT2D eigenvalue weighted by Crippen LogP contribution is -2.08. The number of benzene rings is 6. The molecule has 0 saturated carbocycles. The van der Waals surface area contributed by atoms with Gasteiger partial charge in [-0.05, 0) is 120 Å². The molecule has 0 spiro atoms. The molecule has 6 heterocycles. The van der Waals surface area contributed by atoms with Gasteiger partial charge in [-0.1, -0.05) is 18.2 Å². The van der Waals surface area contributed by atoms with Crippen LogP contribution in [0.2, 0.25) is 0 Å². The summed E-state index contributed by atoms with van der Waals surface area (Å²) in [6.07, 6.45) is 8.51. The van der Waals surface area contributed by atoms with Gasteiger partial charge < -0.3 is 9.13 Å². The summed E-state index contributed by atoms with van der Waals surface area (Å²) in [6.45, 7) is 16.7. The van der Waals surface area contributed by atoms with Gasteiger partial charge in [0.15, 0.2) is 34.7 Å². The molecule has 6 aromatic heterocycles. The predicted molar refractivity (Wildman–Crippen MR) is 262 cm³/mol. The van der Waals surface area contributed by atoms with Crippen LogP contribution in [0.25, 0.3) is 121 Å². The molecule has 0 saturated heterocycles. The van der Waals surface area contributed by atoms with Crippen LogP contribution in [0.5, 0.6) is 0 Å². The molecule has 0 bridgehead atoms. The van der Waals surface area contributed by atoms with E-state index in [4.69, 9.17) is 13.1 Å². The smallest absolute Gasteiger partial charge is 0.308 e. The quantitative estimate of drug-likeness (QED) is 0.145. The van der Waals surface area contributed by atoms with Crippen molar-refractivity contribution in [3.63, 3.8) is 0 Å². The zero-order chi connectivity index (χ0) is 47.5. The lowest BCUT2D eigenvalue weighted by atomic mass is 9.94. The summed E-state index contributed by atoms with van der Waals surface area (Å²) in [5.41, 5.74) is 4.86. The van der Waals surface area contributed by atoms with E-state index in [9.17, 15) is 0 Å². The van der Waals surface area contributed by atoms with Gasteiger partial charge in [0.25, 0.3) is 0 Å². The minimum absolute atomic E-state index is 0.0564. The van der Waals surface area contributed by atoms with Gasteiger partial charge in [0.05, 0.1) is 52.1 Å². The third-order valence-corrected chi connectivity index (χ3v) is 12.3. The molecule has 0 N–H and O–H groups in total. The molecule has 6 aromatic carbocycles. The van der Waals surface area contributed by atoms with Crippen molar-refractivity contribution >= 4 is 55.0 Å². The van der Waals surface area contributed by atoms with Gasteiger partial charge in [0, 0.05) is 93.4 Å². The Morgan fingerprint density at radius 3 is 1.06 bits per heavy atom. The van der Waals surface area contributed by atoms with Crippen LogP contribution in [0.1, 0.15) is 5.56 Å². The van der Waals surface area contributed by atoms with E-state index in [2.05, 4.69) is 49.6 Å². The topological polar surface area (TPSA) is 122 Å². The van der Waals surface area contributed by atoms with Crippen LogP contribution in [-0.4, -0.2) is 49.0 Å². The highest BCUT2D eigenvalue weighted by molar-refractivity contribution is 6.14. The average molecular weight is 915 g/mol. The molecule has 0 aliphatic rings. The van der Waals surface area contributed by atoms with E-state index in [1.54, 1.807) is 86.0 Å². The number of halogens is 3. The number of alkyl halides is 3. The van der Waals surface area contributed by atoms with Gasteiger partial charge >= 0.3 is 6.18 Å².